The lowest BCUT2D eigenvalue weighted by atomic mass is 9.98. The van der Waals surface area contributed by atoms with Crippen LogP contribution < -0.4 is 5.32 Å². The highest BCUT2D eigenvalue weighted by Gasteiger charge is 2.52. The van der Waals surface area contributed by atoms with Crippen LogP contribution in [0.25, 0.3) is 11.1 Å². The Hall–Kier alpha value is -4.63. The van der Waals surface area contributed by atoms with E-state index in [1.165, 1.54) is 6.92 Å². The molecular formula is C37H45NO13S. The second kappa shape index (κ2) is 17.7. The van der Waals surface area contributed by atoms with E-state index < -0.39 is 77.4 Å². The molecule has 0 aromatic heterocycles. The third-order valence-corrected chi connectivity index (χ3v) is 9.14. The third-order valence-electron chi connectivity index (χ3n) is 7.96. The van der Waals surface area contributed by atoms with Gasteiger partial charge in [-0.05, 0) is 55.2 Å². The Bertz CT molecular complexity index is 1590. The number of fused-ring (bicyclic) bond motifs is 3. The van der Waals surface area contributed by atoms with Crippen LogP contribution in [0.1, 0.15) is 71.9 Å². The number of thioether (sulfide) groups is 1. The Morgan fingerprint density at radius 1 is 0.731 bits per heavy atom. The summed E-state index contributed by atoms with van der Waals surface area (Å²) in [6.45, 7) is 9.34. The summed E-state index contributed by atoms with van der Waals surface area (Å²) in [6.07, 6.45) is -5.85. The van der Waals surface area contributed by atoms with Gasteiger partial charge in [0.05, 0.1) is 0 Å². The number of nitrogens with one attached hydrogen (secondary N) is 1. The summed E-state index contributed by atoms with van der Waals surface area (Å²) >= 11 is 1.07. The molecule has 2 aromatic carbocycles. The molecule has 2 aliphatic rings. The van der Waals surface area contributed by atoms with Gasteiger partial charge in [-0.3, -0.25) is 19.2 Å². The fourth-order valence-corrected chi connectivity index (χ4v) is 7.25. The Kier molecular flexibility index (Phi) is 13.7. The van der Waals surface area contributed by atoms with Gasteiger partial charge in [0.15, 0.2) is 18.3 Å². The molecule has 15 heteroatoms. The zero-order valence-electron chi connectivity index (χ0n) is 30.2. The molecule has 0 spiro atoms. The van der Waals surface area contributed by atoms with Crippen molar-refractivity contribution in [2.75, 3.05) is 19.0 Å². The molecule has 4 rings (SSSR count). The van der Waals surface area contributed by atoms with Gasteiger partial charge in [0.1, 0.15) is 36.4 Å². The van der Waals surface area contributed by atoms with Crippen molar-refractivity contribution in [3.63, 3.8) is 0 Å². The zero-order chi connectivity index (χ0) is 38.2. The van der Waals surface area contributed by atoms with Gasteiger partial charge in [-0.15, -0.1) is 11.8 Å². The quantitative estimate of drug-likeness (QED) is 0.225. The van der Waals surface area contributed by atoms with Gasteiger partial charge in [-0.2, -0.15) is 0 Å². The van der Waals surface area contributed by atoms with Crippen molar-refractivity contribution in [2.45, 2.75) is 102 Å². The number of carbonyl (C=O) groups is 6. The maximum Gasteiger partial charge on any atom is 0.407 e. The minimum Gasteiger partial charge on any atom is -0.463 e. The van der Waals surface area contributed by atoms with E-state index in [2.05, 4.69) is 5.32 Å². The standard InChI is InChI=1S/C37H45NO13S/c1-20(39)45-19-30-31(47-21(2)40)32(48-22(3)41)33(49-23(4)42)35(50-30)52-17-16-29(34(43)51-37(5,6)7)38-36(44)46-18-28-26-14-10-8-12-24(26)25-13-9-11-15-27(25)28/h8-15,28-33,35H,16-19H2,1-7H3,(H,38,44)/t29-,30+,31+,32-,33+,35-/m0/s1. The van der Waals surface area contributed by atoms with Crippen molar-refractivity contribution < 1.29 is 61.9 Å². The number of hydrogen-bond donors (Lipinski definition) is 1. The molecule has 6 atom stereocenters. The Labute approximate surface area is 306 Å². The van der Waals surface area contributed by atoms with Gasteiger partial charge < -0.3 is 38.5 Å². The molecule has 0 bridgehead atoms. The van der Waals surface area contributed by atoms with Gasteiger partial charge in [0.2, 0.25) is 0 Å². The summed E-state index contributed by atoms with van der Waals surface area (Å²) < 4.78 is 39.0. The lowest BCUT2D eigenvalue weighted by molar-refractivity contribution is -0.237. The number of ether oxygens (including phenoxy) is 7. The second-order valence-corrected chi connectivity index (χ2v) is 14.5. The first kappa shape index (κ1) is 40.1. The van der Waals surface area contributed by atoms with Crippen LogP contribution in [-0.2, 0) is 57.1 Å². The van der Waals surface area contributed by atoms with E-state index in [1.807, 2.05) is 48.5 Å². The first-order valence-electron chi connectivity index (χ1n) is 16.8. The van der Waals surface area contributed by atoms with E-state index in [9.17, 15) is 28.8 Å². The summed E-state index contributed by atoms with van der Waals surface area (Å²) in [4.78, 5) is 74.6. The summed E-state index contributed by atoms with van der Waals surface area (Å²) in [5.74, 6) is -3.67. The predicted octanol–water partition coefficient (Wildman–Crippen LogP) is 4.44. The van der Waals surface area contributed by atoms with E-state index in [0.717, 1.165) is 54.8 Å². The molecule has 1 fully saturated rings. The summed E-state index contributed by atoms with van der Waals surface area (Å²) in [6, 6.07) is 14.6. The Balaban J connectivity index is 1.50. The largest absolute Gasteiger partial charge is 0.463 e. The normalized spacial score (nSPS) is 21.4. The minimum atomic E-state index is -1.34. The van der Waals surface area contributed by atoms with E-state index in [1.54, 1.807) is 20.8 Å². The zero-order valence-corrected chi connectivity index (χ0v) is 31.0. The van der Waals surface area contributed by atoms with E-state index >= 15 is 0 Å². The number of hydrogen-bond acceptors (Lipinski definition) is 14. The van der Waals surface area contributed by atoms with Crippen molar-refractivity contribution in [3.8, 4) is 11.1 Å². The highest BCUT2D eigenvalue weighted by atomic mass is 32.2. The van der Waals surface area contributed by atoms with Crippen molar-refractivity contribution in [3.05, 3.63) is 59.7 Å². The fraction of sp³-hybridized carbons (Fsp3) is 0.514. The van der Waals surface area contributed by atoms with Crippen LogP contribution >= 0.6 is 11.8 Å². The van der Waals surface area contributed by atoms with E-state index in [4.69, 9.17) is 33.2 Å². The van der Waals surface area contributed by atoms with Crippen LogP contribution in [0.4, 0.5) is 4.79 Å². The first-order chi connectivity index (χ1) is 24.5. The number of alkyl carbamates (subject to hydrolysis) is 1. The van der Waals surface area contributed by atoms with Gasteiger partial charge in [-0.1, -0.05) is 48.5 Å². The maximum atomic E-state index is 13.3. The average Bonchev–Trinajstić information content (AvgIpc) is 3.37. The number of amides is 1. The van der Waals surface area contributed by atoms with Gasteiger partial charge >= 0.3 is 35.9 Å². The van der Waals surface area contributed by atoms with Crippen LogP contribution in [-0.4, -0.2) is 96.4 Å². The smallest absolute Gasteiger partial charge is 0.407 e. The van der Waals surface area contributed by atoms with Crippen molar-refractivity contribution in [1.29, 1.82) is 0 Å². The van der Waals surface area contributed by atoms with Crippen LogP contribution in [0, 0.1) is 0 Å². The molecule has 1 amide bonds. The molecule has 0 radical (unpaired) electrons. The molecule has 1 saturated heterocycles. The molecule has 0 unspecified atom stereocenters. The highest BCUT2D eigenvalue weighted by molar-refractivity contribution is 7.99. The van der Waals surface area contributed by atoms with E-state index in [0.29, 0.717) is 0 Å². The predicted molar refractivity (Wildman–Crippen MR) is 187 cm³/mol. The topological polar surface area (TPSA) is 179 Å². The monoisotopic (exact) mass is 743 g/mol. The minimum absolute atomic E-state index is 0.0106. The molecule has 1 N–H and O–H groups in total. The van der Waals surface area contributed by atoms with E-state index in [-0.39, 0.29) is 31.3 Å². The Morgan fingerprint density at radius 3 is 1.81 bits per heavy atom. The van der Waals surface area contributed by atoms with Crippen molar-refractivity contribution >= 4 is 47.7 Å². The van der Waals surface area contributed by atoms with Crippen LogP contribution in [0.2, 0.25) is 0 Å². The molecule has 0 saturated carbocycles. The average molecular weight is 744 g/mol. The Morgan fingerprint density at radius 2 is 1.27 bits per heavy atom. The fourth-order valence-electron chi connectivity index (χ4n) is 6.03. The molecule has 2 aromatic rings. The number of benzene rings is 2. The summed E-state index contributed by atoms with van der Waals surface area (Å²) in [7, 11) is 0. The summed E-state index contributed by atoms with van der Waals surface area (Å²) in [5.41, 5.74) is 2.26. The van der Waals surface area contributed by atoms with Crippen LogP contribution in [0.15, 0.2) is 48.5 Å². The second-order valence-electron chi connectivity index (χ2n) is 13.3. The molecule has 1 heterocycles. The van der Waals surface area contributed by atoms with Crippen molar-refractivity contribution in [2.24, 2.45) is 0 Å². The molecule has 282 valence electrons. The molecule has 14 nitrogen and oxygen atoms in total. The third kappa shape index (κ3) is 10.9. The number of rotatable bonds is 13. The van der Waals surface area contributed by atoms with Gasteiger partial charge in [0, 0.05) is 33.6 Å². The number of esters is 5. The van der Waals surface area contributed by atoms with Crippen molar-refractivity contribution in [1.82, 2.24) is 5.32 Å². The molecule has 1 aliphatic heterocycles. The lowest BCUT2D eigenvalue weighted by Crippen LogP contribution is -2.61. The van der Waals surface area contributed by atoms with Crippen LogP contribution in [0.3, 0.4) is 0 Å². The maximum absolute atomic E-state index is 13.3. The lowest BCUT2D eigenvalue weighted by Gasteiger charge is -2.44. The SMILES string of the molecule is CC(=O)OC[C@H]1O[C@@H](SCC[C@H](NC(=O)OCC2c3ccccc3-c3ccccc32)C(=O)OC(C)(C)C)[C@H](OC(C)=O)[C@@H](OC(C)=O)[C@@H]1OC(C)=O. The van der Waals surface area contributed by atoms with Crippen LogP contribution in [0.5, 0.6) is 0 Å². The summed E-state index contributed by atoms with van der Waals surface area (Å²) in [5, 5.41) is 2.64. The molecule has 52 heavy (non-hydrogen) atoms. The molecule has 1 aliphatic carbocycles. The molecular weight excluding hydrogens is 698 g/mol. The highest BCUT2D eigenvalue weighted by Crippen LogP contribution is 2.44. The first-order valence-corrected chi connectivity index (χ1v) is 17.9. The van der Waals surface area contributed by atoms with Gasteiger partial charge in [-0.25, -0.2) is 9.59 Å². The van der Waals surface area contributed by atoms with Gasteiger partial charge in [0.25, 0.3) is 0 Å². The number of carbonyl (C=O) groups excluding carboxylic acids is 6.